The van der Waals surface area contributed by atoms with Gasteiger partial charge in [-0.1, -0.05) is 189 Å². The molecule has 0 N–H and O–H groups in total. The summed E-state index contributed by atoms with van der Waals surface area (Å²) in [6, 6.07) is 79.9. The van der Waals surface area contributed by atoms with Gasteiger partial charge >= 0.3 is 0 Å². The van der Waals surface area contributed by atoms with E-state index in [1.54, 1.807) is 12.1 Å². The van der Waals surface area contributed by atoms with Crippen molar-refractivity contribution in [3.05, 3.63) is 311 Å². The molecule has 12 aromatic rings. The summed E-state index contributed by atoms with van der Waals surface area (Å²) in [7, 11) is 8.36. The van der Waals surface area contributed by atoms with E-state index in [9.17, 15) is 8.78 Å². The Labute approximate surface area is 572 Å². The lowest BCUT2D eigenvalue weighted by atomic mass is 9.97. The van der Waals surface area contributed by atoms with Crippen LogP contribution >= 0.6 is 0 Å². The number of aromatic nitrogens is 4. The highest BCUT2D eigenvalue weighted by molar-refractivity contribution is 5.71. The first-order chi connectivity index (χ1) is 46.0. The summed E-state index contributed by atoms with van der Waals surface area (Å²) in [4.78, 5) is 0. The van der Waals surface area contributed by atoms with Gasteiger partial charge in [0.1, 0.15) is 39.8 Å². The Morgan fingerprint density at radius 1 is 0.292 bits per heavy atom. The molecule has 4 aromatic heterocycles. The lowest BCUT2D eigenvalue weighted by Crippen LogP contribution is -2.30. The molecule has 96 heavy (non-hydrogen) atoms. The Kier molecular flexibility index (Phi) is 23.9. The van der Waals surface area contributed by atoms with Gasteiger partial charge in [0.2, 0.25) is 22.8 Å². The number of nitrogens with zero attached hydrogens (tertiary/aromatic N) is 4. The second-order valence-corrected chi connectivity index (χ2v) is 27.3. The topological polar surface area (TPSA) is 15.5 Å². The van der Waals surface area contributed by atoms with Crippen LogP contribution < -0.4 is 18.3 Å². The number of aryl methyl sites for hydroxylation is 8. The van der Waals surface area contributed by atoms with Crippen molar-refractivity contribution in [1.82, 2.24) is 0 Å². The van der Waals surface area contributed by atoms with Crippen LogP contribution in [0.2, 0.25) is 0 Å². The smallest absolute Gasteiger partial charge is 0.207 e. The van der Waals surface area contributed by atoms with Gasteiger partial charge in [-0.25, -0.2) is 27.0 Å². The van der Waals surface area contributed by atoms with E-state index in [0.717, 1.165) is 46.2 Å². The minimum Gasteiger partial charge on any atom is -0.207 e. The first-order valence-corrected chi connectivity index (χ1v) is 34.0. The van der Waals surface area contributed by atoms with Crippen molar-refractivity contribution < 1.29 is 27.0 Å². The summed E-state index contributed by atoms with van der Waals surface area (Å²) in [5, 5.41) is 0. The Morgan fingerprint density at radius 2 is 0.594 bits per heavy atom. The largest absolute Gasteiger partial charge is 0.212 e. The van der Waals surface area contributed by atoms with Crippen LogP contribution in [-0.2, 0) is 41.0 Å². The molecule has 4 heterocycles. The summed E-state index contributed by atoms with van der Waals surface area (Å²) in [6.07, 6.45) is 10.6. The fraction of sp³-hybridized carbons (Fsp3) is 0.244. The Morgan fingerprint density at radius 3 is 0.917 bits per heavy atom. The second-order valence-electron chi connectivity index (χ2n) is 27.3. The maximum atomic E-state index is 14.0. The third-order valence-electron chi connectivity index (χ3n) is 18.0. The number of halogens is 2. The number of hydrogen-bond acceptors (Lipinski definition) is 0. The molecule has 0 aliphatic carbocycles. The van der Waals surface area contributed by atoms with Gasteiger partial charge < -0.3 is 0 Å². The molecule has 0 bridgehead atoms. The number of pyridine rings is 4. The molecule has 0 amide bonds. The minimum absolute atomic E-state index is 0.113. The lowest BCUT2D eigenvalue weighted by molar-refractivity contribution is -0.660. The van der Waals surface area contributed by atoms with Crippen molar-refractivity contribution in [3.63, 3.8) is 0 Å². The molecule has 4 nitrogen and oxygen atoms in total. The number of hydrogen-bond donors (Lipinski definition) is 0. The highest BCUT2D eigenvalue weighted by atomic mass is 19.1. The third kappa shape index (κ3) is 18.0. The molecule has 6 heteroatoms. The lowest BCUT2D eigenvalue weighted by Gasteiger charge is -2.10. The molecule has 0 saturated heterocycles. The van der Waals surface area contributed by atoms with E-state index in [4.69, 9.17) is 0 Å². The summed E-state index contributed by atoms with van der Waals surface area (Å²) in [5.41, 5.74) is 28.7. The zero-order chi connectivity index (χ0) is 68.7. The Balaban J connectivity index is 0.000000150. The first kappa shape index (κ1) is 70.5. The van der Waals surface area contributed by atoms with Crippen LogP contribution in [0.25, 0.3) is 89.5 Å². The molecule has 0 saturated carbocycles. The monoisotopic (exact) mass is 1270 g/mol. The molecule has 0 fully saturated rings. The quantitative estimate of drug-likeness (QED) is 0.0965. The Bertz CT molecular complexity index is 4590. The Hall–Kier alpha value is -9.78. The average Bonchev–Trinajstić information content (AvgIpc) is 0.851. The van der Waals surface area contributed by atoms with Gasteiger partial charge in [0.25, 0.3) is 0 Å². The third-order valence-corrected chi connectivity index (χ3v) is 18.0. The molecule has 12 rings (SSSR count). The fourth-order valence-corrected chi connectivity index (χ4v) is 12.6. The standard InChI is InChI=1S/C23H25FN.C23H26N.C22H23FN.C22H24N/c1-16(2)13-20-14-18(9-11-22(20)24)19-10-12-23(25(4)15-19)21-8-6-5-7-17(21)3;1-17(2)15-19-9-11-20(12-10-19)21-13-14-23(24(4)16-21)22-8-6-5-7-18(22)3;1-15(2)20-13-17(9-11-21(20)23)18-10-12-22(24(4)14-18)19-8-6-5-7-16(19)3;1-16(2)18-9-11-19(12-10-18)20-13-14-22(23(4)15-20)21-8-6-5-7-17(21)3/h5-12,14-16H,13H2,1-4H3;5-14,16-17H,15H2,1-4H3;5-15H,1-4H3;5-16H,1-4H3/q4*+1. The van der Waals surface area contributed by atoms with Crippen LogP contribution in [0.15, 0.2) is 255 Å². The van der Waals surface area contributed by atoms with E-state index in [1.807, 2.05) is 38.1 Å². The zero-order valence-corrected chi connectivity index (χ0v) is 59.5. The molecule has 0 spiro atoms. The van der Waals surface area contributed by atoms with Crippen LogP contribution in [0, 0.1) is 51.2 Å². The summed E-state index contributed by atoms with van der Waals surface area (Å²) in [6.45, 7) is 25.8. The maximum Gasteiger partial charge on any atom is 0.212 e. The van der Waals surface area contributed by atoms with Crippen molar-refractivity contribution in [2.45, 2.75) is 108 Å². The maximum absolute atomic E-state index is 14.0. The van der Waals surface area contributed by atoms with Crippen molar-refractivity contribution >= 4 is 0 Å². The van der Waals surface area contributed by atoms with Gasteiger partial charge in [-0.3, -0.25) is 0 Å². The molecule has 488 valence electrons. The van der Waals surface area contributed by atoms with Crippen molar-refractivity contribution in [1.29, 1.82) is 0 Å². The van der Waals surface area contributed by atoms with Gasteiger partial charge in [-0.05, 0) is 204 Å². The van der Waals surface area contributed by atoms with E-state index in [0.29, 0.717) is 17.8 Å². The van der Waals surface area contributed by atoms with Crippen LogP contribution in [0.4, 0.5) is 8.78 Å². The van der Waals surface area contributed by atoms with Crippen LogP contribution in [0.5, 0.6) is 0 Å². The zero-order valence-electron chi connectivity index (χ0n) is 59.5. The van der Waals surface area contributed by atoms with Crippen LogP contribution in [0.3, 0.4) is 0 Å². The van der Waals surface area contributed by atoms with Crippen molar-refractivity contribution in [2.24, 2.45) is 40.0 Å². The highest BCUT2D eigenvalue weighted by Crippen LogP contribution is 2.31. The minimum atomic E-state index is -0.130. The molecule has 0 radical (unpaired) electrons. The van der Waals surface area contributed by atoms with Crippen LogP contribution in [0.1, 0.15) is 112 Å². The summed E-state index contributed by atoms with van der Waals surface area (Å²) >= 11 is 0. The van der Waals surface area contributed by atoms with E-state index in [2.05, 4.69) is 335 Å². The summed E-state index contributed by atoms with van der Waals surface area (Å²) in [5.74, 6) is 1.63. The molecule has 0 aliphatic rings. The molecule has 0 unspecified atom stereocenters. The van der Waals surface area contributed by atoms with Crippen LogP contribution in [-0.4, -0.2) is 0 Å². The van der Waals surface area contributed by atoms with E-state index in [1.165, 1.54) is 101 Å². The van der Waals surface area contributed by atoms with Crippen molar-refractivity contribution in [3.8, 4) is 89.5 Å². The molecular weight excluding hydrogens is 1180 g/mol. The molecule has 8 aromatic carbocycles. The average molecular weight is 1270 g/mol. The van der Waals surface area contributed by atoms with Gasteiger partial charge in [0, 0.05) is 68.8 Å². The van der Waals surface area contributed by atoms with Gasteiger partial charge in [0.15, 0.2) is 24.8 Å². The predicted octanol–water partition coefficient (Wildman–Crippen LogP) is 21.5. The second kappa shape index (κ2) is 32.6. The first-order valence-electron chi connectivity index (χ1n) is 34.0. The van der Waals surface area contributed by atoms with E-state index >= 15 is 0 Å². The van der Waals surface area contributed by atoms with E-state index < -0.39 is 0 Å². The summed E-state index contributed by atoms with van der Waals surface area (Å²) < 4.78 is 36.7. The molecule has 0 aliphatic heterocycles. The number of benzene rings is 8. The SMILES string of the molecule is Cc1ccccc1-c1ccc(-c2ccc(C(C)C)cc2)c[n+]1C.Cc1ccccc1-c1ccc(-c2ccc(CC(C)C)cc2)c[n+]1C.Cc1ccccc1-c1ccc(-c2ccc(F)c(C(C)C)c2)c[n+]1C.Cc1ccccc1-c1ccc(-c2ccc(F)c(CC(C)C)c2)c[n+]1C. The van der Waals surface area contributed by atoms with E-state index in [-0.39, 0.29) is 17.6 Å². The highest BCUT2D eigenvalue weighted by Gasteiger charge is 2.20. The van der Waals surface area contributed by atoms with Crippen molar-refractivity contribution in [2.75, 3.05) is 0 Å². The van der Waals surface area contributed by atoms with Gasteiger partial charge in [-0.15, -0.1) is 0 Å². The fourth-order valence-electron chi connectivity index (χ4n) is 12.6. The van der Waals surface area contributed by atoms with Gasteiger partial charge in [0.05, 0.1) is 0 Å². The number of rotatable bonds is 14. The van der Waals surface area contributed by atoms with Gasteiger partial charge in [-0.2, -0.15) is 0 Å². The molecule has 0 atom stereocenters. The molecular formula is C90H98F2N4+4. The predicted molar refractivity (Wildman–Crippen MR) is 398 cm³/mol. The normalized spacial score (nSPS) is 11.1.